The zero-order valence-corrected chi connectivity index (χ0v) is 20.6. The summed E-state index contributed by atoms with van der Waals surface area (Å²) < 4.78 is 88.5. The summed E-state index contributed by atoms with van der Waals surface area (Å²) in [7, 11) is 0. The van der Waals surface area contributed by atoms with Crippen LogP contribution in [-0.2, 0) is 0 Å². The minimum absolute atomic E-state index is 0.0805. The van der Waals surface area contributed by atoms with Crippen LogP contribution in [0.2, 0.25) is 0 Å². The van der Waals surface area contributed by atoms with Gasteiger partial charge in [-0.05, 0) is 6.42 Å². The molecule has 0 aliphatic heterocycles. The summed E-state index contributed by atoms with van der Waals surface area (Å²) in [6.45, 7) is 0. The van der Waals surface area contributed by atoms with Crippen LogP contribution in [0, 0.1) is 0 Å². The molecule has 0 aliphatic rings. The van der Waals surface area contributed by atoms with Crippen molar-refractivity contribution in [3.05, 3.63) is 10.6 Å². The van der Waals surface area contributed by atoms with Gasteiger partial charge in [0, 0.05) is 11.4 Å². The first-order chi connectivity index (χ1) is 12.6. The lowest BCUT2D eigenvalue weighted by Crippen LogP contribution is -2.69. The Labute approximate surface area is 210 Å². The molecule has 0 saturated carbocycles. The van der Waals surface area contributed by atoms with E-state index in [-0.39, 0.29) is 5.54 Å². The summed E-state index contributed by atoms with van der Waals surface area (Å²) in [5, 5.41) is -4.67. The maximum atomic E-state index is 14.6. The highest BCUT2D eigenvalue weighted by Gasteiger charge is 2.83. The summed E-state index contributed by atoms with van der Waals surface area (Å²) in [6.07, 6.45) is -4.51. The Morgan fingerprint density at radius 1 is 0.828 bits per heavy atom. The monoisotopic (exact) mass is 634 g/mol. The molecule has 29 heavy (non-hydrogen) atoms. The van der Waals surface area contributed by atoms with E-state index in [4.69, 9.17) is 116 Å². The van der Waals surface area contributed by atoms with Crippen LogP contribution in [0.4, 0.5) is 30.7 Å². The molecule has 0 nitrogen and oxygen atoms in total. The number of allylic oxidation sites excluding steroid dienone is 1. The zero-order chi connectivity index (χ0) is 23.9. The van der Waals surface area contributed by atoms with Crippen LogP contribution in [0.15, 0.2) is 10.6 Å². The smallest absolute Gasteiger partial charge is 0.234 e. The van der Waals surface area contributed by atoms with Crippen molar-refractivity contribution in [1.29, 1.82) is 0 Å². The molecule has 0 heterocycles. The molecule has 0 rings (SSSR count). The number of hydrogen-bond donors (Lipinski definition) is 0. The van der Waals surface area contributed by atoms with Crippen LogP contribution >= 0.6 is 116 Å². The van der Waals surface area contributed by atoms with Gasteiger partial charge >= 0.3 is 17.8 Å². The van der Waals surface area contributed by atoms with Crippen molar-refractivity contribution in [3.63, 3.8) is 0 Å². The van der Waals surface area contributed by atoms with Gasteiger partial charge in [-0.25, -0.2) is 4.39 Å². The second-order valence-corrected chi connectivity index (χ2v) is 11.1. The summed E-state index contributed by atoms with van der Waals surface area (Å²) in [6, 6.07) is 0. The molecule has 0 N–H and O–H groups in total. The first-order valence-electron chi connectivity index (χ1n) is 6.68. The van der Waals surface area contributed by atoms with Crippen LogP contribution in [0.5, 0.6) is 0 Å². The molecule has 0 aromatic heterocycles. The molecule has 2 atom stereocenters. The van der Waals surface area contributed by atoms with Crippen molar-refractivity contribution in [2.24, 2.45) is 0 Å². The van der Waals surface area contributed by atoms with E-state index in [1.807, 2.05) is 0 Å². The number of rotatable bonds is 10. The van der Waals surface area contributed by atoms with E-state index in [9.17, 15) is 30.7 Å². The molecule has 17 heteroatoms. The molecule has 0 amide bonds. The maximum absolute atomic E-state index is 14.6. The molecule has 0 aliphatic carbocycles. The quantitative estimate of drug-likeness (QED) is 0.165. The Bertz CT molecular complexity index is 608. The third-order valence-electron chi connectivity index (χ3n) is 3.41. The van der Waals surface area contributed by atoms with Crippen molar-refractivity contribution in [2.75, 3.05) is 5.88 Å². The summed E-state index contributed by atoms with van der Waals surface area (Å²) >= 11 is 52.0. The Balaban J connectivity index is 6.44. The molecule has 0 fully saturated rings. The Morgan fingerprint density at radius 3 is 1.59 bits per heavy atom. The largest absolute Gasteiger partial charge is 0.347 e. The first kappa shape index (κ1) is 31.1. The minimum Gasteiger partial charge on any atom is -0.234 e. The van der Waals surface area contributed by atoms with Crippen LogP contribution in [0.1, 0.15) is 6.42 Å². The van der Waals surface area contributed by atoms with Crippen LogP contribution in [-0.4, -0.2) is 48.2 Å². The van der Waals surface area contributed by atoms with Gasteiger partial charge in [0.05, 0.1) is 5.03 Å². The van der Waals surface area contributed by atoms with Crippen molar-refractivity contribution in [2.45, 2.75) is 48.7 Å². The van der Waals surface area contributed by atoms with Gasteiger partial charge < -0.3 is 0 Å². The lowest BCUT2D eigenvalue weighted by molar-refractivity contribution is -0.228. The summed E-state index contributed by atoms with van der Waals surface area (Å²) in [4.78, 5) is 0. The summed E-state index contributed by atoms with van der Waals surface area (Å²) in [5.74, 6) is -17.5. The highest BCUT2D eigenvalue weighted by molar-refractivity contribution is 6.63. The van der Waals surface area contributed by atoms with Crippen molar-refractivity contribution >= 4 is 116 Å². The third-order valence-corrected chi connectivity index (χ3v) is 8.43. The Morgan fingerprint density at radius 2 is 1.24 bits per heavy atom. The standard InChI is InChI=1S/C12H7Cl10F7/c13-2-1-7(17,18)6(16)9(26,27)12(28,29)11(21,22)10(19,20)8(24,25)5(23)4(15)3-14/h3,5-6H,1-2H2. The number of hydrogen-bond acceptors (Lipinski definition) is 0. The van der Waals surface area contributed by atoms with Gasteiger partial charge in [-0.2, -0.15) is 26.3 Å². The molecule has 0 bridgehead atoms. The van der Waals surface area contributed by atoms with Crippen molar-refractivity contribution in [1.82, 2.24) is 0 Å². The molecule has 0 spiro atoms. The topological polar surface area (TPSA) is 0 Å². The van der Waals surface area contributed by atoms with Crippen LogP contribution in [0.25, 0.3) is 0 Å². The predicted molar refractivity (Wildman–Crippen MR) is 108 cm³/mol. The van der Waals surface area contributed by atoms with Crippen molar-refractivity contribution in [3.8, 4) is 0 Å². The predicted octanol–water partition coefficient (Wildman–Crippen LogP) is 9.31. The van der Waals surface area contributed by atoms with Crippen molar-refractivity contribution < 1.29 is 30.7 Å². The summed E-state index contributed by atoms with van der Waals surface area (Å²) in [5.41, 5.74) is 0.0805. The normalized spacial score (nSPS) is 18.0. The van der Waals surface area contributed by atoms with Gasteiger partial charge in [-0.3, -0.25) is 0 Å². The van der Waals surface area contributed by atoms with E-state index >= 15 is 0 Å². The van der Waals surface area contributed by atoms with E-state index in [0.29, 0.717) is 0 Å². The second kappa shape index (κ2) is 10.2. The first-order valence-corrected chi connectivity index (χ1v) is 10.7. The molecule has 0 aromatic carbocycles. The van der Waals surface area contributed by atoms with Gasteiger partial charge in [-0.15, -0.1) is 23.2 Å². The number of halogens is 17. The average molecular weight is 639 g/mol. The fourth-order valence-electron chi connectivity index (χ4n) is 1.68. The average Bonchev–Trinajstić information content (AvgIpc) is 2.58. The number of alkyl halides is 15. The van der Waals surface area contributed by atoms with E-state index in [1.54, 1.807) is 0 Å². The molecule has 2 unspecified atom stereocenters. The molecular formula is C12H7Cl10F7. The van der Waals surface area contributed by atoms with Crippen LogP contribution < -0.4 is 0 Å². The van der Waals surface area contributed by atoms with Crippen LogP contribution in [0.3, 0.4) is 0 Å². The maximum Gasteiger partial charge on any atom is 0.347 e. The molecule has 0 aromatic rings. The zero-order valence-electron chi connectivity index (χ0n) is 13.1. The van der Waals surface area contributed by atoms with Gasteiger partial charge in [-0.1, -0.05) is 92.8 Å². The van der Waals surface area contributed by atoms with E-state index in [2.05, 4.69) is 0 Å². The highest BCUT2D eigenvalue weighted by atomic mass is 35.5. The second-order valence-electron chi connectivity index (χ2n) is 5.39. The molecular weight excluding hydrogens is 632 g/mol. The third kappa shape index (κ3) is 5.46. The van der Waals surface area contributed by atoms with E-state index < -0.39 is 59.6 Å². The Kier molecular flexibility index (Phi) is 10.9. The lowest BCUT2D eigenvalue weighted by Gasteiger charge is -2.46. The Hall–Kier alpha value is 2.15. The lowest BCUT2D eigenvalue weighted by atomic mass is 9.94. The van der Waals surface area contributed by atoms with E-state index in [0.717, 1.165) is 0 Å². The van der Waals surface area contributed by atoms with Gasteiger partial charge in [0.15, 0.2) is 0 Å². The highest BCUT2D eigenvalue weighted by Crippen LogP contribution is 2.64. The van der Waals surface area contributed by atoms with E-state index in [1.165, 1.54) is 0 Å². The minimum atomic E-state index is -5.97. The fraction of sp³-hybridized carbons (Fsp3) is 0.833. The molecule has 174 valence electrons. The van der Waals surface area contributed by atoms with Gasteiger partial charge in [0.2, 0.25) is 14.8 Å². The fourth-order valence-corrected chi connectivity index (χ4v) is 4.06. The molecule has 0 saturated heterocycles. The van der Waals surface area contributed by atoms with Gasteiger partial charge in [0.1, 0.15) is 9.71 Å². The SMILES string of the molecule is FC(C(Cl)=CCl)C(F)(F)C(Cl)(Cl)C(Cl)(Cl)C(F)(F)C(F)(F)C(Cl)C(Cl)(Cl)CCCl. The van der Waals surface area contributed by atoms with Gasteiger partial charge in [0.25, 0.3) is 0 Å². The molecule has 0 radical (unpaired) electrons.